The second-order valence-corrected chi connectivity index (χ2v) is 4.56. The number of aromatic amines is 1. The van der Waals surface area contributed by atoms with E-state index in [1.807, 2.05) is 31.2 Å². The number of H-pyrrole nitrogens is 1. The Morgan fingerprint density at radius 2 is 2.05 bits per heavy atom. The zero-order valence-electron chi connectivity index (χ0n) is 10.8. The lowest BCUT2D eigenvalue weighted by molar-refractivity contribution is 0.100. The van der Waals surface area contributed by atoms with Crippen molar-refractivity contribution in [3.8, 4) is 5.75 Å². The van der Waals surface area contributed by atoms with Gasteiger partial charge in [0.2, 0.25) is 5.91 Å². The summed E-state index contributed by atoms with van der Waals surface area (Å²) in [6, 6.07) is 9.60. The van der Waals surface area contributed by atoms with E-state index in [2.05, 4.69) is 4.98 Å². The lowest BCUT2D eigenvalue weighted by Crippen LogP contribution is -2.12. The van der Waals surface area contributed by atoms with Crippen molar-refractivity contribution in [3.05, 3.63) is 41.5 Å². The number of primary amides is 1. The average molecular weight is 254 g/mol. The van der Waals surface area contributed by atoms with E-state index < -0.39 is 5.91 Å². The molecule has 0 aliphatic carbocycles. The van der Waals surface area contributed by atoms with Crippen LogP contribution in [0.4, 0.5) is 0 Å². The monoisotopic (exact) mass is 254 g/mol. The molecule has 0 atom stereocenters. The van der Waals surface area contributed by atoms with E-state index in [1.54, 1.807) is 13.2 Å². The van der Waals surface area contributed by atoms with E-state index in [0.29, 0.717) is 5.56 Å². The van der Waals surface area contributed by atoms with Crippen LogP contribution in [0.1, 0.15) is 15.9 Å². The maximum absolute atomic E-state index is 11.7. The molecule has 3 N–H and O–H groups in total. The number of carbonyl (C=O) groups is 1. The highest BCUT2D eigenvalue weighted by Crippen LogP contribution is 2.36. The minimum absolute atomic E-state index is 0.430. The third-order valence-corrected chi connectivity index (χ3v) is 3.39. The average Bonchev–Trinajstić information content (AvgIpc) is 2.76. The summed E-state index contributed by atoms with van der Waals surface area (Å²) < 4.78 is 5.44. The molecule has 19 heavy (non-hydrogen) atoms. The molecule has 1 heterocycles. The van der Waals surface area contributed by atoms with Gasteiger partial charge in [0.15, 0.2) is 0 Å². The number of nitrogens with one attached hydrogen (secondary N) is 1. The number of aromatic nitrogens is 1. The predicted molar refractivity (Wildman–Crippen MR) is 75.6 cm³/mol. The summed E-state index contributed by atoms with van der Waals surface area (Å²) in [5.41, 5.74) is 8.68. The SMILES string of the molecule is COc1c(C)cc(C(N)=O)c2c1[nH]c1ccccc12. The number of methoxy groups -OCH3 is 1. The Morgan fingerprint density at radius 3 is 2.74 bits per heavy atom. The van der Waals surface area contributed by atoms with Gasteiger partial charge >= 0.3 is 0 Å². The van der Waals surface area contributed by atoms with E-state index in [-0.39, 0.29) is 0 Å². The molecule has 1 aromatic heterocycles. The van der Waals surface area contributed by atoms with Gasteiger partial charge in [-0.2, -0.15) is 0 Å². The molecule has 0 spiro atoms. The second kappa shape index (κ2) is 4.02. The first-order chi connectivity index (χ1) is 9.13. The molecule has 0 aliphatic heterocycles. The number of nitrogens with two attached hydrogens (primary N) is 1. The van der Waals surface area contributed by atoms with Gasteiger partial charge in [0, 0.05) is 21.9 Å². The highest BCUT2D eigenvalue weighted by Gasteiger charge is 2.17. The molecule has 0 radical (unpaired) electrons. The largest absolute Gasteiger partial charge is 0.494 e. The molecule has 96 valence electrons. The van der Waals surface area contributed by atoms with Crippen molar-refractivity contribution in [3.63, 3.8) is 0 Å². The lowest BCUT2D eigenvalue weighted by atomic mass is 10.0. The summed E-state index contributed by atoms with van der Waals surface area (Å²) in [6.45, 7) is 1.90. The van der Waals surface area contributed by atoms with Crippen LogP contribution < -0.4 is 10.5 Å². The van der Waals surface area contributed by atoms with Crippen molar-refractivity contribution in [2.24, 2.45) is 5.73 Å². The van der Waals surface area contributed by atoms with E-state index in [9.17, 15) is 4.79 Å². The molecule has 3 rings (SSSR count). The molecule has 0 fully saturated rings. The van der Waals surface area contributed by atoms with E-state index in [4.69, 9.17) is 10.5 Å². The number of hydrogen-bond acceptors (Lipinski definition) is 2. The fraction of sp³-hybridized carbons (Fsp3) is 0.133. The van der Waals surface area contributed by atoms with Crippen LogP contribution in [-0.2, 0) is 0 Å². The van der Waals surface area contributed by atoms with Crippen LogP contribution >= 0.6 is 0 Å². The number of aryl methyl sites for hydroxylation is 1. The van der Waals surface area contributed by atoms with Crippen molar-refractivity contribution >= 4 is 27.7 Å². The number of amides is 1. The number of rotatable bonds is 2. The highest BCUT2D eigenvalue weighted by atomic mass is 16.5. The smallest absolute Gasteiger partial charge is 0.249 e. The van der Waals surface area contributed by atoms with E-state index >= 15 is 0 Å². The maximum atomic E-state index is 11.7. The first-order valence-electron chi connectivity index (χ1n) is 6.01. The van der Waals surface area contributed by atoms with Gasteiger partial charge in [0.05, 0.1) is 12.6 Å². The molecule has 3 aromatic rings. The van der Waals surface area contributed by atoms with Gasteiger partial charge in [-0.05, 0) is 24.6 Å². The topological polar surface area (TPSA) is 68.1 Å². The second-order valence-electron chi connectivity index (χ2n) is 4.56. The minimum Gasteiger partial charge on any atom is -0.494 e. The number of benzene rings is 2. The molecule has 0 saturated heterocycles. The molecule has 4 heteroatoms. The standard InChI is InChI=1S/C15H14N2O2/c1-8-7-10(15(16)18)12-9-5-3-4-6-11(9)17-13(12)14(8)19-2/h3-7,17H,1-2H3,(H2,16,18). The first kappa shape index (κ1) is 11.6. The van der Waals surface area contributed by atoms with Gasteiger partial charge in [-0.15, -0.1) is 0 Å². The van der Waals surface area contributed by atoms with Gasteiger partial charge in [-0.25, -0.2) is 0 Å². The molecule has 0 saturated carbocycles. The van der Waals surface area contributed by atoms with Gasteiger partial charge in [-0.1, -0.05) is 18.2 Å². The summed E-state index contributed by atoms with van der Waals surface area (Å²) in [5, 5.41) is 1.80. The van der Waals surface area contributed by atoms with E-state index in [0.717, 1.165) is 33.1 Å². The molecule has 2 aromatic carbocycles. The summed E-state index contributed by atoms with van der Waals surface area (Å²) in [4.78, 5) is 15.0. The summed E-state index contributed by atoms with van der Waals surface area (Å²) >= 11 is 0. The fourth-order valence-electron chi connectivity index (χ4n) is 2.60. The van der Waals surface area contributed by atoms with Crippen LogP contribution in [0.25, 0.3) is 21.8 Å². The first-order valence-corrected chi connectivity index (χ1v) is 6.01. The Balaban J connectivity index is 2.59. The zero-order chi connectivity index (χ0) is 13.6. The van der Waals surface area contributed by atoms with Gasteiger partial charge in [0.25, 0.3) is 0 Å². The van der Waals surface area contributed by atoms with Crippen LogP contribution in [0, 0.1) is 6.92 Å². The third kappa shape index (κ3) is 1.57. The molecule has 0 aliphatic rings. The fourth-order valence-corrected chi connectivity index (χ4v) is 2.60. The summed E-state index contributed by atoms with van der Waals surface area (Å²) in [7, 11) is 1.62. The Labute approximate surface area is 110 Å². The van der Waals surface area contributed by atoms with Crippen LogP contribution in [-0.4, -0.2) is 18.0 Å². The quantitative estimate of drug-likeness (QED) is 0.738. The van der Waals surface area contributed by atoms with Crippen LogP contribution in [0.3, 0.4) is 0 Å². The van der Waals surface area contributed by atoms with Gasteiger partial charge in [-0.3, -0.25) is 4.79 Å². The van der Waals surface area contributed by atoms with Crippen molar-refractivity contribution in [2.45, 2.75) is 6.92 Å². The van der Waals surface area contributed by atoms with Crippen LogP contribution in [0.5, 0.6) is 5.75 Å². The van der Waals surface area contributed by atoms with Gasteiger partial charge < -0.3 is 15.5 Å². The molecule has 0 unspecified atom stereocenters. The zero-order valence-corrected chi connectivity index (χ0v) is 10.8. The van der Waals surface area contributed by atoms with E-state index in [1.165, 1.54) is 0 Å². The number of para-hydroxylation sites is 1. The predicted octanol–water partition coefficient (Wildman–Crippen LogP) is 2.74. The highest BCUT2D eigenvalue weighted by molar-refractivity contribution is 6.19. The van der Waals surface area contributed by atoms with Gasteiger partial charge in [0.1, 0.15) is 5.75 Å². The molecular formula is C15H14N2O2. The van der Waals surface area contributed by atoms with Crippen molar-refractivity contribution in [1.29, 1.82) is 0 Å². The normalized spacial score (nSPS) is 11.1. The molecule has 0 bridgehead atoms. The Hall–Kier alpha value is -2.49. The molecule has 1 amide bonds. The number of carbonyl (C=O) groups excluding carboxylic acids is 1. The Morgan fingerprint density at radius 1 is 1.32 bits per heavy atom. The van der Waals surface area contributed by atoms with Crippen molar-refractivity contribution < 1.29 is 9.53 Å². The number of hydrogen-bond donors (Lipinski definition) is 2. The Kier molecular flexibility index (Phi) is 2.45. The van der Waals surface area contributed by atoms with Crippen molar-refractivity contribution in [2.75, 3.05) is 7.11 Å². The Bertz CT molecular complexity index is 803. The molecule has 4 nitrogen and oxygen atoms in total. The van der Waals surface area contributed by atoms with Crippen LogP contribution in [0.2, 0.25) is 0 Å². The lowest BCUT2D eigenvalue weighted by Gasteiger charge is -2.08. The summed E-state index contributed by atoms with van der Waals surface area (Å²) in [6.07, 6.45) is 0. The minimum atomic E-state index is -0.430. The third-order valence-electron chi connectivity index (χ3n) is 3.39. The van der Waals surface area contributed by atoms with Crippen molar-refractivity contribution in [1.82, 2.24) is 4.98 Å². The molecular weight excluding hydrogens is 240 g/mol. The summed E-state index contributed by atoms with van der Waals surface area (Å²) in [5.74, 6) is 0.316. The number of ether oxygens (including phenoxy) is 1. The maximum Gasteiger partial charge on any atom is 0.249 e. The number of fused-ring (bicyclic) bond motifs is 3. The van der Waals surface area contributed by atoms with Crippen LogP contribution in [0.15, 0.2) is 30.3 Å².